The van der Waals surface area contributed by atoms with Crippen molar-refractivity contribution in [2.24, 2.45) is 0 Å². The molecule has 1 aromatic carbocycles. The first kappa shape index (κ1) is 18.5. The van der Waals surface area contributed by atoms with Crippen LogP contribution in [0.5, 0.6) is 11.5 Å². The van der Waals surface area contributed by atoms with Gasteiger partial charge in [0.05, 0.1) is 38.8 Å². The summed E-state index contributed by atoms with van der Waals surface area (Å²) in [6.45, 7) is 3.64. The quantitative estimate of drug-likeness (QED) is 0.707. The molecule has 1 N–H and O–H groups in total. The lowest BCUT2D eigenvalue weighted by atomic mass is 10.2. The van der Waals surface area contributed by atoms with Gasteiger partial charge in [0.2, 0.25) is 5.91 Å². The van der Waals surface area contributed by atoms with Gasteiger partial charge in [-0.25, -0.2) is 0 Å². The molecule has 0 atom stereocenters. The summed E-state index contributed by atoms with van der Waals surface area (Å²) in [5.41, 5.74) is 1.48. The maximum atomic E-state index is 12.0. The summed E-state index contributed by atoms with van der Waals surface area (Å²) in [5, 5.41) is 6.91. The molecule has 0 aliphatic carbocycles. The summed E-state index contributed by atoms with van der Waals surface area (Å²) >= 11 is 0. The molecule has 2 aromatic rings. The molecule has 1 heterocycles. The van der Waals surface area contributed by atoms with Crippen molar-refractivity contribution in [2.75, 3.05) is 32.8 Å². The van der Waals surface area contributed by atoms with Crippen LogP contribution < -0.4 is 14.8 Å². The maximum Gasteiger partial charge on any atom is 0.248 e. The van der Waals surface area contributed by atoms with Crippen molar-refractivity contribution in [1.82, 2.24) is 9.78 Å². The fourth-order valence-corrected chi connectivity index (χ4v) is 2.16. The molecule has 1 aromatic heterocycles. The van der Waals surface area contributed by atoms with Gasteiger partial charge < -0.3 is 19.5 Å². The van der Waals surface area contributed by atoms with E-state index in [2.05, 4.69) is 10.4 Å². The largest absolute Gasteiger partial charge is 0.493 e. The lowest BCUT2D eigenvalue weighted by Crippen LogP contribution is -2.07. The van der Waals surface area contributed by atoms with Crippen LogP contribution in [0.1, 0.15) is 12.5 Å². The van der Waals surface area contributed by atoms with Crippen molar-refractivity contribution in [3.05, 3.63) is 42.2 Å². The highest BCUT2D eigenvalue weighted by atomic mass is 16.5. The lowest BCUT2D eigenvalue weighted by Gasteiger charge is -2.09. The molecule has 0 saturated carbocycles. The average molecular weight is 345 g/mol. The summed E-state index contributed by atoms with van der Waals surface area (Å²) in [7, 11) is 3.22. The van der Waals surface area contributed by atoms with Gasteiger partial charge in [0, 0.05) is 19.4 Å². The summed E-state index contributed by atoms with van der Waals surface area (Å²) < 4.78 is 17.5. The molecule has 25 heavy (non-hydrogen) atoms. The number of methoxy groups -OCH3 is 2. The van der Waals surface area contributed by atoms with Crippen molar-refractivity contribution in [1.29, 1.82) is 0 Å². The van der Waals surface area contributed by atoms with E-state index in [1.54, 1.807) is 37.4 Å². The summed E-state index contributed by atoms with van der Waals surface area (Å²) in [6, 6.07) is 5.49. The van der Waals surface area contributed by atoms with Gasteiger partial charge in [-0.1, -0.05) is 6.07 Å². The van der Waals surface area contributed by atoms with Gasteiger partial charge in [0.15, 0.2) is 11.5 Å². The zero-order chi connectivity index (χ0) is 18.1. The van der Waals surface area contributed by atoms with Gasteiger partial charge in [0.25, 0.3) is 0 Å². The summed E-state index contributed by atoms with van der Waals surface area (Å²) in [5.74, 6) is 1.07. The van der Waals surface area contributed by atoms with Crippen LogP contribution in [0.25, 0.3) is 6.08 Å². The number of hydrogen-bond donors (Lipinski definition) is 1. The van der Waals surface area contributed by atoms with Gasteiger partial charge >= 0.3 is 0 Å². The highest BCUT2D eigenvalue weighted by Gasteiger charge is 2.05. The molecule has 0 aliphatic heterocycles. The second-order valence-corrected chi connectivity index (χ2v) is 5.15. The topological polar surface area (TPSA) is 74.6 Å². The molecule has 0 spiro atoms. The van der Waals surface area contributed by atoms with Crippen LogP contribution in [0.15, 0.2) is 36.7 Å². The third-order valence-corrected chi connectivity index (χ3v) is 3.34. The molecule has 0 radical (unpaired) electrons. The Morgan fingerprint density at radius 2 is 2.16 bits per heavy atom. The first-order valence-electron chi connectivity index (χ1n) is 7.97. The van der Waals surface area contributed by atoms with E-state index in [0.29, 0.717) is 36.9 Å². The van der Waals surface area contributed by atoms with E-state index in [1.165, 1.54) is 6.08 Å². The van der Waals surface area contributed by atoms with Crippen molar-refractivity contribution in [3.8, 4) is 11.5 Å². The van der Waals surface area contributed by atoms with Gasteiger partial charge in [0.1, 0.15) is 0 Å². The molecule has 1 amide bonds. The number of anilines is 1. The Hall–Kier alpha value is -2.80. The molecule has 7 heteroatoms. The van der Waals surface area contributed by atoms with Crippen molar-refractivity contribution in [2.45, 2.75) is 13.5 Å². The predicted molar refractivity (Wildman–Crippen MR) is 95.9 cm³/mol. The Morgan fingerprint density at radius 1 is 1.32 bits per heavy atom. The monoisotopic (exact) mass is 345 g/mol. The Labute approximate surface area is 147 Å². The van der Waals surface area contributed by atoms with E-state index < -0.39 is 0 Å². The number of amides is 1. The molecule has 0 bridgehead atoms. The summed E-state index contributed by atoms with van der Waals surface area (Å²) in [6.07, 6.45) is 6.53. The highest BCUT2D eigenvalue weighted by Crippen LogP contribution is 2.28. The van der Waals surface area contributed by atoms with E-state index in [-0.39, 0.29) is 5.91 Å². The molecule has 0 unspecified atom stereocenters. The number of aromatic nitrogens is 2. The van der Waals surface area contributed by atoms with Crippen LogP contribution in [0, 0.1) is 0 Å². The van der Waals surface area contributed by atoms with Crippen molar-refractivity contribution in [3.63, 3.8) is 0 Å². The van der Waals surface area contributed by atoms with Gasteiger partial charge in [-0.2, -0.15) is 5.10 Å². The maximum absolute atomic E-state index is 12.0. The molecule has 0 saturated heterocycles. The van der Waals surface area contributed by atoms with Gasteiger partial charge in [-0.3, -0.25) is 9.48 Å². The summed E-state index contributed by atoms with van der Waals surface area (Å²) in [4.78, 5) is 12.0. The van der Waals surface area contributed by atoms with Crippen LogP contribution in [0.4, 0.5) is 5.69 Å². The number of carbonyl (C=O) groups excluding carboxylic acids is 1. The minimum Gasteiger partial charge on any atom is -0.493 e. The SMILES string of the molecule is CCOc1cc(/C=C/C(=O)Nc2cnn(CCOC)c2)ccc1OC. The number of benzene rings is 1. The zero-order valence-electron chi connectivity index (χ0n) is 14.7. The number of ether oxygens (including phenoxy) is 3. The molecular weight excluding hydrogens is 322 g/mol. The standard InChI is InChI=1S/C18H23N3O4/c1-4-25-17-11-14(5-7-16(17)24-3)6-8-18(22)20-15-12-19-21(13-15)9-10-23-2/h5-8,11-13H,4,9-10H2,1-3H3,(H,20,22)/b8-6+. The Morgan fingerprint density at radius 3 is 2.88 bits per heavy atom. The van der Waals surface area contributed by atoms with Crippen LogP contribution in [0.2, 0.25) is 0 Å². The fraction of sp³-hybridized carbons (Fsp3) is 0.333. The van der Waals surface area contributed by atoms with Crippen molar-refractivity contribution < 1.29 is 19.0 Å². The van der Waals surface area contributed by atoms with Crippen molar-refractivity contribution >= 4 is 17.7 Å². The third kappa shape index (κ3) is 5.65. The number of hydrogen-bond acceptors (Lipinski definition) is 5. The molecule has 2 rings (SSSR count). The molecule has 0 fully saturated rings. The normalized spacial score (nSPS) is 10.8. The smallest absolute Gasteiger partial charge is 0.248 e. The third-order valence-electron chi connectivity index (χ3n) is 3.34. The highest BCUT2D eigenvalue weighted by molar-refractivity contribution is 6.01. The second-order valence-electron chi connectivity index (χ2n) is 5.15. The van der Waals surface area contributed by atoms with Crippen LogP contribution in [-0.4, -0.2) is 43.1 Å². The average Bonchev–Trinajstić information content (AvgIpc) is 3.06. The van der Waals surface area contributed by atoms with Gasteiger partial charge in [-0.05, 0) is 30.7 Å². The molecule has 134 valence electrons. The zero-order valence-corrected chi connectivity index (χ0v) is 14.7. The minimum atomic E-state index is -0.236. The Balaban J connectivity index is 1.97. The Kier molecular flexibility index (Phi) is 7.03. The fourth-order valence-electron chi connectivity index (χ4n) is 2.16. The van der Waals surface area contributed by atoms with E-state index in [9.17, 15) is 4.79 Å². The molecule has 0 aliphatic rings. The number of nitrogens with one attached hydrogen (secondary N) is 1. The van der Waals surface area contributed by atoms with Crippen LogP contribution in [0.3, 0.4) is 0 Å². The van der Waals surface area contributed by atoms with E-state index in [1.807, 2.05) is 25.1 Å². The van der Waals surface area contributed by atoms with Gasteiger partial charge in [-0.15, -0.1) is 0 Å². The Bertz CT molecular complexity index is 725. The number of nitrogens with zero attached hydrogens (tertiary/aromatic N) is 2. The first-order chi connectivity index (χ1) is 12.2. The minimum absolute atomic E-state index is 0.236. The molecule has 7 nitrogen and oxygen atoms in total. The second kappa shape index (κ2) is 9.48. The van der Waals surface area contributed by atoms with E-state index >= 15 is 0 Å². The number of carbonyl (C=O) groups is 1. The first-order valence-corrected chi connectivity index (χ1v) is 7.97. The molecular formula is C18H23N3O4. The van der Waals surface area contributed by atoms with Crippen LogP contribution in [-0.2, 0) is 16.1 Å². The predicted octanol–water partition coefficient (Wildman–Crippen LogP) is 2.59. The van der Waals surface area contributed by atoms with E-state index in [4.69, 9.17) is 14.2 Å². The van der Waals surface area contributed by atoms with Crippen LogP contribution >= 0.6 is 0 Å². The van der Waals surface area contributed by atoms with E-state index in [0.717, 1.165) is 5.56 Å². The number of rotatable bonds is 9. The lowest BCUT2D eigenvalue weighted by molar-refractivity contribution is -0.111.